The lowest BCUT2D eigenvalue weighted by atomic mass is 10.2. The number of nitrogens with zero attached hydrogens (tertiary/aromatic N) is 5. The number of nitrogens with one attached hydrogen (secondary N) is 1. The van der Waals surface area contributed by atoms with E-state index >= 15 is 0 Å². The van der Waals surface area contributed by atoms with Crippen LogP contribution in [0.1, 0.15) is 35.6 Å². The van der Waals surface area contributed by atoms with Gasteiger partial charge in [-0.2, -0.15) is 9.40 Å². The Morgan fingerprint density at radius 3 is 2.30 bits per heavy atom. The minimum absolute atomic E-state index is 0.150. The van der Waals surface area contributed by atoms with E-state index < -0.39 is 15.9 Å². The maximum absolute atomic E-state index is 12.6. The van der Waals surface area contributed by atoms with Gasteiger partial charge in [-0.15, -0.1) is 0 Å². The van der Waals surface area contributed by atoms with E-state index in [4.69, 9.17) is 0 Å². The number of aromatic nitrogens is 4. The zero-order valence-corrected chi connectivity index (χ0v) is 18.1. The lowest BCUT2D eigenvalue weighted by molar-refractivity contribution is 0.102. The van der Waals surface area contributed by atoms with E-state index in [0.29, 0.717) is 30.3 Å². The SMILES string of the molecule is CCN(CC)S(=O)(=O)c1ccc(C(=O)Nc2cc(-n3nc(C)cc3C)ncn2)cc1. The van der Waals surface area contributed by atoms with Crippen LogP contribution >= 0.6 is 0 Å². The van der Waals surface area contributed by atoms with Crippen LogP contribution in [0.4, 0.5) is 5.82 Å². The summed E-state index contributed by atoms with van der Waals surface area (Å²) >= 11 is 0. The van der Waals surface area contributed by atoms with E-state index in [-0.39, 0.29) is 4.90 Å². The van der Waals surface area contributed by atoms with Crippen molar-refractivity contribution >= 4 is 21.7 Å². The normalized spacial score (nSPS) is 11.6. The van der Waals surface area contributed by atoms with Gasteiger partial charge in [-0.25, -0.2) is 23.1 Å². The highest BCUT2D eigenvalue weighted by molar-refractivity contribution is 7.89. The third-order valence-electron chi connectivity index (χ3n) is 4.58. The minimum atomic E-state index is -3.57. The Bertz CT molecular complexity index is 1150. The molecule has 0 bridgehead atoms. The Labute approximate surface area is 175 Å². The Kier molecular flexibility index (Phi) is 6.28. The number of carbonyl (C=O) groups excluding carboxylic acids is 1. The van der Waals surface area contributed by atoms with Gasteiger partial charge in [-0.05, 0) is 44.2 Å². The second kappa shape index (κ2) is 8.72. The molecule has 0 radical (unpaired) electrons. The summed E-state index contributed by atoms with van der Waals surface area (Å²) in [5.41, 5.74) is 2.09. The molecule has 9 nitrogen and oxygen atoms in total. The lowest BCUT2D eigenvalue weighted by Crippen LogP contribution is -2.30. The molecule has 2 heterocycles. The van der Waals surface area contributed by atoms with Gasteiger partial charge >= 0.3 is 0 Å². The largest absolute Gasteiger partial charge is 0.306 e. The summed E-state index contributed by atoms with van der Waals surface area (Å²) in [5, 5.41) is 7.08. The van der Waals surface area contributed by atoms with Gasteiger partial charge in [-0.1, -0.05) is 13.8 Å². The summed E-state index contributed by atoms with van der Waals surface area (Å²) in [6, 6.07) is 9.38. The van der Waals surface area contributed by atoms with Crippen LogP contribution in [0.3, 0.4) is 0 Å². The number of hydrogen-bond donors (Lipinski definition) is 1. The molecule has 0 aliphatic heterocycles. The Balaban J connectivity index is 1.79. The number of carbonyl (C=O) groups is 1. The molecule has 0 saturated heterocycles. The number of hydrogen-bond acceptors (Lipinski definition) is 6. The molecule has 2 aromatic heterocycles. The quantitative estimate of drug-likeness (QED) is 0.619. The van der Waals surface area contributed by atoms with E-state index in [1.54, 1.807) is 24.6 Å². The summed E-state index contributed by atoms with van der Waals surface area (Å²) in [4.78, 5) is 21.0. The van der Waals surface area contributed by atoms with Gasteiger partial charge < -0.3 is 5.32 Å². The fourth-order valence-corrected chi connectivity index (χ4v) is 4.53. The highest BCUT2D eigenvalue weighted by Gasteiger charge is 2.21. The summed E-state index contributed by atoms with van der Waals surface area (Å²) in [7, 11) is -3.57. The zero-order chi connectivity index (χ0) is 21.9. The summed E-state index contributed by atoms with van der Waals surface area (Å²) < 4.78 is 28.2. The van der Waals surface area contributed by atoms with E-state index in [1.807, 2.05) is 19.9 Å². The predicted octanol–water partition coefficient (Wildman–Crippen LogP) is 2.56. The smallest absolute Gasteiger partial charge is 0.256 e. The molecular formula is C20H24N6O3S. The molecule has 30 heavy (non-hydrogen) atoms. The van der Waals surface area contributed by atoms with Crippen molar-refractivity contribution in [1.29, 1.82) is 0 Å². The van der Waals surface area contributed by atoms with Crippen LogP contribution in [0.25, 0.3) is 5.82 Å². The molecule has 0 spiro atoms. The average molecular weight is 429 g/mol. The van der Waals surface area contributed by atoms with Gasteiger partial charge in [0.05, 0.1) is 10.6 Å². The van der Waals surface area contributed by atoms with Gasteiger partial charge in [-0.3, -0.25) is 4.79 Å². The van der Waals surface area contributed by atoms with Crippen molar-refractivity contribution in [2.75, 3.05) is 18.4 Å². The first-order valence-electron chi connectivity index (χ1n) is 9.53. The zero-order valence-electron chi connectivity index (χ0n) is 17.3. The van der Waals surface area contributed by atoms with Crippen LogP contribution in [0, 0.1) is 13.8 Å². The van der Waals surface area contributed by atoms with E-state index in [0.717, 1.165) is 11.4 Å². The maximum atomic E-state index is 12.6. The molecule has 1 N–H and O–H groups in total. The van der Waals surface area contributed by atoms with Crippen molar-refractivity contribution in [1.82, 2.24) is 24.1 Å². The fraction of sp³-hybridized carbons (Fsp3) is 0.300. The van der Waals surface area contributed by atoms with Crippen molar-refractivity contribution in [3.05, 3.63) is 59.7 Å². The predicted molar refractivity (Wildman–Crippen MR) is 113 cm³/mol. The van der Waals surface area contributed by atoms with Crippen LogP contribution in [-0.4, -0.2) is 51.5 Å². The second-order valence-electron chi connectivity index (χ2n) is 6.67. The molecular weight excluding hydrogens is 404 g/mol. The number of benzene rings is 1. The van der Waals surface area contributed by atoms with E-state index in [9.17, 15) is 13.2 Å². The molecule has 0 aliphatic rings. The molecule has 1 amide bonds. The molecule has 3 rings (SSSR count). The molecule has 158 valence electrons. The van der Waals surface area contributed by atoms with Gasteiger partial charge in [0.25, 0.3) is 5.91 Å². The molecule has 0 unspecified atom stereocenters. The van der Waals surface area contributed by atoms with Gasteiger partial charge in [0, 0.05) is 30.4 Å². The highest BCUT2D eigenvalue weighted by Crippen LogP contribution is 2.17. The second-order valence-corrected chi connectivity index (χ2v) is 8.61. The Morgan fingerprint density at radius 2 is 1.73 bits per heavy atom. The molecule has 0 fully saturated rings. The minimum Gasteiger partial charge on any atom is -0.306 e. The number of amides is 1. The standard InChI is InChI=1S/C20H24N6O3S/c1-5-25(6-2)30(28,29)17-9-7-16(8-10-17)20(27)23-18-12-19(22-13-21-18)26-15(4)11-14(3)24-26/h7-13H,5-6H2,1-4H3,(H,21,22,23,27). The molecule has 0 saturated carbocycles. The summed E-state index contributed by atoms with van der Waals surface area (Å²) in [5.74, 6) is 0.448. The Morgan fingerprint density at radius 1 is 1.07 bits per heavy atom. The molecule has 10 heteroatoms. The monoisotopic (exact) mass is 428 g/mol. The van der Waals surface area contributed by atoms with E-state index in [2.05, 4.69) is 20.4 Å². The lowest BCUT2D eigenvalue weighted by Gasteiger charge is -2.18. The number of aryl methyl sites for hydroxylation is 2. The van der Waals surface area contributed by atoms with Gasteiger partial charge in [0.2, 0.25) is 10.0 Å². The summed E-state index contributed by atoms with van der Waals surface area (Å²) in [6.07, 6.45) is 1.35. The molecule has 0 atom stereocenters. The van der Waals surface area contributed by atoms with Crippen molar-refractivity contribution in [2.24, 2.45) is 0 Å². The molecule has 0 aliphatic carbocycles. The third kappa shape index (κ3) is 4.39. The van der Waals surface area contributed by atoms with Crippen molar-refractivity contribution in [2.45, 2.75) is 32.6 Å². The summed E-state index contributed by atoms with van der Waals surface area (Å²) in [6.45, 7) is 8.13. The van der Waals surface area contributed by atoms with Gasteiger partial charge in [0.1, 0.15) is 12.1 Å². The third-order valence-corrected chi connectivity index (χ3v) is 6.64. The fourth-order valence-electron chi connectivity index (χ4n) is 3.07. The van der Waals surface area contributed by atoms with Crippen LogP contribution in [0.2, 0.25) is 0 Å². The van der Waals surface area contributed by atoms with E-state index in [1.165, 1.54) is 34.9 Å². The number of anilines is 1. The van der Waals surface area contributed by atoms with Crippen LogP contribution in [0.5, 0.6) is 0 Å². The van der Waals surface area contributed by atoms with Crippen molar-refractivity contribution in [3.8, 4) is 5.82 Å². The Hall–Kier alpha value is -3.11. The first-order valence-corrected chi connectivity index (χ1v) is 11.0. The first kappa shape index (κ1) is 21.6. The topological polar surface area (TPSA) is 110 Å². The van der Waals surface area contributed by atoms with Crippen LogP contribution in [-0.2, 0) is 10.0 Å². The maximum Gasteiger partial charge on any atom is 0.256 e. The van der Waals surface area contributed by atoms with Gasteiger partial charge in [0.15, 0.2) is 5.82 Å². The van der Waals surface area contributed by atoms with Crippen LogP contribution < -0.4 is 5.32 Å². The van der Waals surface area contributed by atoms with Crippen LogP contribution in [0.15, 0.2) is 47.6 Å². The first-order chi connectivity index (χ1) is 14.3. The highest BCUT2D eigenvalue weighted by atomic mass is 32.2. The van der Waals surface area contributed by atoms with Crippen molar-refractivity contribution in [3.63, 3.8) is 0 Å². The molecule has 1 aromatic carbocycles. The molecule has 3 aromatic rings. The number of rotatable bonds is 7. The van der Waals surface area contributed by atoms with Crippen molar-refractivity contribution < 1.29 is 13.2 Å². The average Bonchev–Trinajstić information content (AvgIpc) is 3.07. The number of sulfonamides is 1.